The van der Waals surface area contributed by atoms with Crippen molar-refractivity contribution in [2.75, 3.05) is 20.1 Å². The molecular weight excluding hydrogens is 228 g/mol. The minimum atomic E-state index is -0.896. The number of aromatic carboxylic acids is 1. The Kier molecular flexibility index (Phi) is 3.99. The molecule has 0 saturated carbocycles. The summed E-state index contributed by atoms with van der Waals surface area (Å²) < 4.78 is 0. The molecule has 1 aromatic carbocycles. The van der Waals surface area contributed by atoms with Crippen LogP contribution in [0.5, 0.6) is 0 Å². The Balaban J connectivity index is 2.08. The quantitative estimate of drug-likeness (QED) is 0.855. The van der Waals surface area contributed by atoms with E-state index in [1.165, 1.54) is 6.42 Å². The molecule has 0 aliphatic carbocycles. The molecule has 0 aromatic heterocycles. The average Bonchev–Trinajstić information content (AvgIpc) is 2.38. The standard InChI is InChI=1S/C14H20N2O2/c1-16-8-2-3-12(9-16)13(15)10-4-6-11(7-5-10)14(17)18/h4-7,12-13H,2-3,8-9,15H2,1H3,(H,17,18). The van der Waals surface area contributed by atoms with Gasteiger partial charge in [0.1, 0.15) is 0 Å². The number of carboxylic acid groups (broad SMARTS) is 1. The van der Waals surface area contributed by atoms with E-state index < -0.39 is 5.97 Å². The van der Waals surface area contributed by atoms with Crippen LogP contribution in [-0.2, 0) is 0 Å². The van der Waals surface area contributed by atoms with Gasteiger partial charge in [-0.15, -0.1) is 0 Å². The summed E-state index contributed by atoms with van der Waals surface area (Å²) in [6.45, 7) is 2.16. The maximum absolute atomic E-state index is 10.8. The van der Waals surface area contributed by atoms with E-state index in [0.717, 1.165) is 25.1 Å². The largest absolute Gasteiger partial charge is 0.478 e. The number of hydrogen-bond donors (Lipinski definition) is 2. The fourth-order valence-corrected chi connectivity index (χ4v) is 2.62. The molecule has 1 fully saturated rings. The van der Waals surface area contributed by atoms with E-state index in [0.29, 0.717) is 11.5 Å². The highest BCUT2D eigenvalue weighted by Crippen LogP contribution is 2.27. The van der Waals surface area contributed by atoms with Crippen LogP contribution in [0, 0.1) is 5.92 Å². The lowest BCUT2D eigenvalue weighted by atomic mass is 9.87. The Labute approximate surface area is 107 Å². The van der Waals surface area contributed by atoms with Crippen molar-refractivity contribution >= 4 is 5.97 Å². The zero-order chi connectivity index (χ0) is 13.1. The Hall–Kier alpha value is -1.39. The van der Waals surface area contributed by atoms with Gasteiger partial charge in [0.2, 0.25) is 0 Å². The van der Waals surface area contributed by atoms with Gasteiger partial charge in [-0.2, -0.15) is 0 Å². The molecule has 98 valence electrons. The average molecular weight is 248 g/mol. The third-order valence-electron chi connectivity index (χ3n) is 3.71. The summed E-state index contributed by atoms with van der Waals surface area (Å²) in [5, 5.41) is 8.86. The zero-order valence-corrected chi connectivity index (χ0v) is 10.7. The van der Waals surface area contributed by atoms with E-state index in [9.17, 15) is 4.79 Å². The van der Waals surface area contributed by atoms with E-state index in [1.807, 2.05) is 12.1 Å². The SMILES string of the molecule is CN1CCCC(C(N)c2ccc(C(=O)O)cc2)C1. The van der Waals surface area contributed by atoms with Gasteiger partial charge in [0.25, 0.3) is 0 Å². The van der Waals surface area contributed by atoms with Crippen molar-refractivity contribution in [2.24, 2.45) is 11.7 Å². The van der Waals surface area contributed by atoms with E-state index in [2.05, 4.69) is 11.9 Å². The Bertz CT molecular complexity index is 416. The van der Waals surface area contributed by atoms with Gasteiger partial charge in [-0.05, 0) is 50.0 Å². The van der Waals surface area contributed by atoms with Gasteiger partial charge < -0.3 is 15.7 Å². The lowest BCUT2D eigenvalue weighted by molar-refractivity contribution is 0.0697. The topological polar surface area (TPSA) is 66.6 Å². The molecule has 4 nitrogen and oxygen atoms in total. The molecule has 18 heavy (non-hydrogen) atoms. The van der Waals surface area contributed by atoms with E-state index >= 15 is 0 Å². The van der Waals surface area contributed by atoms with Gasteiger partial charge in [-0.25, -0.2) is 4.79 Å². The number of carboxylic acids is 1. The van der Waals surface area contributed by atoms with Crippen molar-refractivity contribution in [1.29, 1.82) is 0 Å². The first-order valence-corrected chi connectivity index (χ1v) is 6.35. The van der Waals surface area contributed by atoms with Gasteiger partial charge in [0, 0.05) is 12.6 Å². The van der Waals surface area contributed by atoms with Gasteiger partial charge in [0.05, 0.1) is 5.56 Å². The summed E-state index contributed by atoms with van der Waals surface area (Å²) in [6.07, 6.45) is 2.33. The molecule has 0 bridgehead atoms. The maximum atomic E-state index is 10.8. The molecule has 4 heteroatoms. The van der Waals surface area contributed by atoms with E-state index in [-0.39, 0.29) is 6.04 Å². The molecule has 0 spiro atoms. The van der Waals surface area contributed by atoms with Crippen molar-refractivity contribution in [2.45, 2.75) is 18.9 Å². The molecule has 1 heterocycles. The van der Waals surface area contributed by atoms with Crippen molar-refractivity contribution in [3.05, 3.63) is 35.4 Å². The van der Waals surface area contributed by atoms with Gasteiger partial charge in [-0.1, -0.05) is 12.1 Å². The minimum absolute atomic E-state index is 0.00408. The summed E-state index contributed by atoms with van der Waals surface area (Å²) in [5.41, 5.74) is 7.62. The second-order valence-corrected chi connectivity index (χ2v) is 5.12. The van der Waals surface area contributed by atoms with E-state index in [4.69, 9.17) is 10.8 Å². The normalized spacial score (nSPS) is 22.7. The number of nitrogens with zero attached hydrogens (tertiary/aromatic N) is 1. The predicted molar refractivity (Wildman–Crippen MR) is 70.6 cm³/mol. The molecule has 2 atom stereocenters. The summed E-state index contributed by atoms with van der Waals surface area (Å²) in [5.74, 6) is -0.438. The Morgan fingerprint density at radius 2 is 2.11 bits per heavy atom. The molecule has 3 N–H and O–H groups in total. The molecule has 1 aliphatic rings. The fourth-order valence-electron chi connectivity index (χ4n) is 2.62. The first-order valence-electron chi connectivity index (χ1n) is 6.35. The number of hydrogen-bond acceptors (Lipinski definition) is 3. The molecule has 1 aromatic rings. The van der Waals surface area contributed by atoms with Crippen LogP contribution in [0.1, 0.15) is 34.8 Å². The number of rotatable bonds is 3. The summed E-state index contributed by atoms with van der Waals surface area (Å²) >= 11 is 0. The number of nitrogens with two attached hydrogens (primary N) is 1. The summed E-state index contributed by atoms with van der Waals surface area (Å²) in [7, 11) is 2.12. The lowest BCUT2D eigenvalue weighted by Gasteiger charge is -2.33. The van der Waals surface area contributed by atoms with Crippen molar-refractivity contribution < 1.29 is 9.90 Å². The fraction of sp³-hybridized carbons (Fsp3) is 0.500. The van der Waals surface area contributed by atoms with Crippen LogP contribution in [0.15, 0.2) is 24.3 Å². The summed E-state index contributed by atoms with van der Waals surface area (Å²) in [4.78, 5) is 13.1. The van der Waals surface area contributed by atoms with Gasteiger partial charge in [0.15, 0.2) is 0 Å². The third kappa shape index (κ3) is 2.89. The van der Waals surface area contributed by atoms with Crippen molar-refractivity contribution in [1.82, 2.24) is 4.90 Å². The highest BCUT2D eigenvalue weighted by atomic mass is 16.4. The van der Waals surface area contributed by atoms with Crippen LogP contribution in [0.3, 0.4) is 0 Å². The molecule has 0 amide bonds. The summed E-state index contributed by atoms with van der Waals surface area (Å²) in [6, 6.07) is 6.93. The Morgan fingerprint density at radius 1 is 1.44 bits per heavy atom. The van der Waals surface area contributed by atoms with Crippen LogP contribution in [0.25, 0.3) is 0 Å². The Morgan fingerprint density at radius 3 is 2.67 bits per heavy atom. The smallest absolute Gasteiger partial charge is 0.335 e. The number of benzene rings is 1. The highest BCUT2D eigenvalue weighted by molar-refractivity contribution is 5.87. The number of likely N-dealkylation sites (tertiary alicyclic amines) is 1. The van der Waals surface area contributed by atoms with E-state index in [1.54, 1.807) is 12.1 Å². The first kappa shape index (κ1) is 13.1. The van der Waals surface area contributed by atoms with Gasteiger partial charge in [-0.3, -0.25) is 0 Å². The van der Waals surface area contributed by atoms with Crippen LogP contribution >= 0.6 is 0 Å². The second-order valence-electron chi connectivity index (χ2n) is 5.12. The van der Waals surface area contributed by atoms with Crippen LogP contribution in [0.2, 0.25) is 0 Å². The molecule has 1 saturated heterocycles. The molecule has 1 aliphatic heterocycles. The minimum Gasteiger partial charge on any atom is -0.478 e. The van der Waals surface area contributed by atoms with Crippen molar-refractivity contribution in [3.63, 3.8) is 0 Å². The zero-order valence-electron chi connectivity index (χ0n) is 10.7. The molecular formula is C14H20N2O2. The molecule has 0 radical (unpaired) electrons. The monoisotopic (exact) mass is 248 g/mol. The van der Waals surface area contributed by atoms with Gasteiger partial charge >= 0.3 is 5.97 Å². The molecule has 2 rings (SSSR count). The third-order valence-corrected chi connectivity index (χ3v) is 3.71. The maximum Gasteiger partial charge on any atom is 0.335 e. The second kappa shape index (κ2) is 5.50. The van der Waals surface area contributed by atoms with Crippen LogP contribution in [0.4, 0.5) is 0 Å². The van der Waals surface area contributed by atoms with Crippen molar-refractivity contribution in [3.8, 4) is 0 Å². The number of carbonyl (C=O) groups is 1. The number of piperidine rings is 1. The highest BCUT2D eigenvalue weighted by Gasteiger charge is 2.24. The van der Waals surface area contributed by atoms with Crippen LogP contribution in [-0.4, -0.2) is 36.1 Å². The predicted octanol–water partition coefficient (Wildman–Crippen LogP) is 1.73. The van der Waals surface area contributed by atoms with Crippen LogP contribution < -0.4 is 5.73 Å². The lowest BCUT2D eigenvalue weighted by Crippen LogP contribution is -2.37. The first-order chi connectivity index (χ1) is 8.58. The molecule has 2 unspecified atom stereocenters.